The van der Waals surface area contributed by atoms with Crippen LogP contribution < -0.4 is 5.73 Å². The summed E-state index contributed by atoms with van der Waals surface area (Å²) in [6, 6.07) is 11.5. The maximum Gasteiger partial charge on any atom is 0.316 e. The van der Waals surface area contributed by atoms with Gasteiger partial charge in [0.05, 0.1) is 16.3 Å². The summed E-state index contributed by atoms with van der Waals surface area (Å²) in [6.07, 6.45) is 0. The molecule has 3 N–H and O–H groups in total. The lowest BCUT2D eigenvalue weighted by atomic mass is 10.2. The molecule has 2 rings (SSSR count). The van der Waals surface area contributed by atoms with Crippen molar-refractivity contribution in [1.82, 2.24) is 0 Å². The Hall–Kier alpha value is -2.76. The first kappa shape index (κ1) is 12.7. The number of aryl methyl sites for hydroxylation is 1. The minimum atomic E-state index is -0.204. The van der Waals surface area contributed by atoms with Gasteiger partial charge in [-0.2, -0.15) is 10.2 Å². The van der Waals surface area contributed by atoms with E-state index in [2.05, 4.69) is 10.2 Å². The summed E-state index contributed by atoms with van der Waals surface area (Å²) in [6.45, 7) is 1.90. The Morgan fingerprint density at radius 1 is 1.05 bits per heavy atom. The normalized spacial score (nSPS) is 10.8. The summed E-state index contributed by atoms with van der Waals surface area (Å²) < 4.78 is 0. The van der Waals surface area contributed by atoms with Crippen molar-refractivity contribution in [2.75, 3.05) is 5.73 Å². The zero-order valence-electron chi connectivity index (χ0n) is 10.3. The average Bonchev–Trinajstić information content (AvgIpc) is 2.40. The molecule has 6 heteroatoms. The molecule has 0 spiro atoms. The first-order chi connectivity index (χ1) is 9.06. The number of hydrogen-bond donors (Lipinski definition) is 2. The number of nitrogens with two attached hydrogens (primary N) is 1. The Morgan fingerprint density at radius 3 is 2.21 bits per heavy atom. The zero-order chi connectivity index (χ0) is 13.8. The van der Waals surface area contributed by atoms with Gasteiger partial charge in [0.25, 0.3) is 4.92 Å². The molecule has 0 unspecified atom stereocenters. The van der Waals surface area contributed by atoms with Crippen molar-refractivity contribution < 1.29 is 10.1 Å². The lowest BCUT2D eigenvalue weighted by Crippen LogP contribution is -1.89. The molecule has 0 radical (unpaired) electrons. The third-order valence-electron chi connectivity index (χ3n) is 2.60. The van der Waals surface area contributed by atoms with Crippen LogP contribution in [0.1, 0.15) is 5.56 Å². The van der Waals surface area contributed by atoms with Crippen LogP contribution in [-0.4, -0.2) is 10.1 Å². The van der Waals surface area contributed by atoms with Crippen LogP contribution in [0.25, 0.3) is 0 Å². The van der Waals surface area contributed by atoms with Crippen LogP contribution in [0.2, 0.25) is 0 Å². The Balaban J connectivity index is 2.17. The van der Waals surface area contributed by atoms with Gasteiger partial charge in [-0.05, 0) is 42.8 Å². The topological polar surface area (TPSA) is 91.0 Å². The monoisotopic (exact) mass is 257 g/mol. The van der Waals surface area contributed by atoms with Gasteiger partial charge in [-0.15, -0.1) is 0 Å². The number of azo groups is 1. The highest BCUT2D eigenvalue weighted by atomic mass is 16.6. The van der Waals surface area contributed by atoms with Crippen molar-refractivity contribution in [1.29, 1.82) is 0 Å². The molecular formula is C13H13N4O2+. The standard InChI is InChI=1S/C13H13N4O2/c1-9-8-11(4-7-13(9)14)16-15-10-2-5-12(6-3-10)17(18)19/h2-8H,14H2,1H3,(H,18,19)/q+1/b16-15+. The smallest absolute Gasteiger partial charge is 0.316 e. The molecule has 0 saturated heterocycles. The van der Waals surface area contributed by atoms with Gasteiger partial charge in [0, 0.05) is 17.8 Å². The molecule has 0 aliphatic carbocycles. The van der Waals surface area contributed by atoms with E-state index in [1.807, 2.05) is 13.0 Å². The van der Waals surface area contributed by atoms with Crippen molar-refractivity contribution in [3.05, 3.63) is 52.9 Å². The summed E-state index contributed by atoms with van der Waals surface area (Å²) in [5.74, 6) is 0. The maximum atomic E-state index is 10.6. The minimum absolute atomic E-state index is 0.141. The quantitative estimate of drug-likeness (QED) is 0.497. The predicted molar refractivity (Wildman–Crippen MR) is 71.3 cm³/mol. The van der Waals surface area contributed by atoms with Crippen LogP contribution in [0.15, 0.2) is 52.7 Å². The summed E-state index contributed by atoms with van der Waals surface area (Å²) >= 11 is 0. The fourth-order valence-electron chi connectivity index (χ4n) is 1.48. The van der Waals surface area contributed by atoms with E-state index < -0.39 is 0 Å². The first-order valence-electron chi connectivity index (χ1n) is 5.60. The number of hydrogen-bond acceptors (Lipinski definition) is 4. The Bertz CT molecular complexity index is 636. The van der Waals surface area contributed by atoms with Crippen molar-refractivity contribution in [3.8, 4) is 0 Å². The molecule has 0 aliphatic heterocycles. The summed E-state index contributed by atoms with van der Waals surface area (Å²) in [4.78, 5) is 10.4. The Kier molecular flexibility index (Phi) is 3.51. The van der Waals surface area contributed by atoms with Crippen LogP contribution >= 0.6 is 0 Å². The highest BCUT2D eigenvalue weighted by Crippen LogP contribution is 2.23. The van der Waals surface area contributed by atoms with Gasteiger partial charge in [-0.1, -0.05) is 0 Å². The molecule has 0 amide bonds. The Labute approximate surface area is 109 Å². The van der Waals surface area contributed by atoms with Gasteiger partial charge in [0.1, 0.15) is 0 Å². The van der Waals surface area contributed by atoms with Gasteiger partial charge in [-0.3, -0.25) is 0 Å². The summed E-state index contributed by atoms with van der Waals surface area (Å²) in [5.41, 5.74) is 8.78. The predicted octanol–water partition coefficient (Wildman–Crippen LogP) is 3.79. The summed E-state index contributed by atoms with van der Waals surface area (Å²) in [5, 5.41) is 16.8. The molecular weight excluding hydrogens is 244 g/mol. The third kappa shape index (κ3) is 3.12. The average molecular weight is 257 g/mol. The Morgan fingerprint density at radius 2 is 1.63 bits per heavy atom. The van der Waals surface area contributed by atoms with E-state index in [0.717, 1.165) is 5.56 Å². The van der Waals surface area contributed by atoms with E-state index in [-0.39, 0.29) is 10.6 Å². The van der Waals surface area contributed by atoms with Crippen molar-refractivity contribution >= 4 is 22.7 Å². The van der Waals surface area contributed by atoms with Crippen LogP contribution in [-0.2, 0) is 0 Å². The molecule has 2 aromatic rings. The molecule has 0 atom stereocenters. The number of rotatable bonds is 3. The molecule has 6 nitrogen and oxygen atoms in total. The van der Waals surface area contributed by atoms with E-state index in [1.54, 1.807) is 24.3 Å². The number of anilines is 1. The molecule has 96 valence electrons. The first-order valence-corrected chi connectivity index (χ1v) is 5.60. The molecule has 0 aromatic heterocycles. The number of nitrogens with zero attached hydrogens (tertiary/aromatic N) is 3. The van der Waals surface area contributed by atoms with Crippen molar-refractivity contribution in [3.63, 3.8) is 0 Å². The van der Waals surface area contributed by atoms with E-state index in [1.165, 1.54) is 12.1 Å². The second-order valence-electron chi connectivity index (χ2n) is 4.03. The fraction of sp³-hybridized carbons (Fsp3) is 0.0769. The van der Waals surface area contributed by atoms with E-state index in [0.29, 0.717) is 17.1 Å². The van der Waals surface area contributed by atoms with Crippen molar-refractivity contribution in [2.24, 2.45) is 10.2 Å². The molecule has 0 aliphatic rings. The molecule has 19 heavy (non-hydrogen) atoms. The maximum absolute atomic E-state index is 10.6. The highest BCUT2D eigenvalue weighted by molar-refractivity contribution is 5.54. The van der Waals surface area contributed by atoms with Crippen LogP contribution in [0.3, 0.4) is 0 Å². The summed E-state index contributed by atoms with van der Waals surface area (Å²) in [7, 11) is 0. The van der Waals surface area contributed by atoms with E-state index in [4.69, 9.17) is 10.9 Å². The van der Waals surface area contributed by atoms with Crippen LogP contribution in [0.4, 0.5) is 22.7 Å². The second kappa shape index (κ2) is 5.26. The van der Waals surface area contributed by atoms with Crippen LogP contribution in [0.5, 0.6) is 0 Å². The largest absolute Gasteiger partial charge is 0.399 e. The fourth-order valence-corrected chi connectivity index (χ4v) is 1.48. The van der Waals surface area contributed by atoms with Gasteiger partial charge in [0.2, 0.25) is 0 Å². The molecule has 0 saturated carbocycles. The second-order valence-corrected chi connectivity index (χ2v) is 4.03. The van der Waals surface area contributed by atoms with E-state index in [9.17, 15) is 4.91 Å². The molecule has 2 aromatic carbocycles. The van der Waals surface area contributed by atoms with Gasteiger partial charge < -0.3 is 5.73 Å². The van der Waals surface area contributed by atoms with Crippen LogP contribution in [0, 0.1) is 11.8 Å². The van der Waals surface area contributed by atoms with Gasteiger partial charge in [0.15, 0.2) is 0 Å². The van der Waals surface area contributed by atoms with Gasteiger partial charge >= 0.3 is 5.69 Å². The third-order valence-corrected chi connectivity index (χ3v) is 2.60. The zero-order valence-corrected chi connectivity index (χ0v) is 10.3. The molecule has 0 bridgehead atoms. The van der Waals surface area contributed by atoms with E-state index >= 15 is 0 Å². The molecule has 0 fully saturated rings. The minimum Gasteiger partial charge on any atom is -0.399 e. The SMILES string of the molecule is Cc1cc(/N=N/c2ccc([N+](=O)O)cc2)ccc1N. The lowest BCUT2D eigenvalue weighted by Gasteiger charge is -1.99. The molecule has 0 heterocycles. The van der Waals surface area contributed by atoms with Crippen molar-refractivity contribution in [2.45, 2.75) is 6.92 Å². The number of nitrogen functional groups attached to an aromatic ring is 1. The number of benzene rings is 2. The lowest BCUT2D eigenvalue weighted by molar-refractivity contribution is -0.729. The van der Waals surface area contributed by atoms with Gasteiger partial charge in [-0.25, -0.2) is 5.21 Å². The highest BCUT2D eigenvalue weighted by Gasteiger charge is 2.09.